The molecule has 4 aromatic heterocycles. The van der Waals surface area contributed by atoms with E-state index >= 15 is 0 Å². The molecule has 0 unspecified atom stereocenters. The average Bonchev–Trinajstić information content (AvgIpc) is 3.82. The Labute approximate surface area is 323 Å². The SMILES string of the molecule is C=C1NC[C@@H](COC)Oc2ccc(F)cc2[C@@H](C)Nc2ccn3ncc1c3n2.C=C1NC[C@H](CC)Oc2ccc(F)cc2[C@@H](CC)Nc2ccn3ncc1c3n2. The van der Waals surface area contributed by atoms with Crippen molar-refractivity contribution < 1.29 is 23.0 Å². The van der Waals surface area contributed by atoms with E-state index < -0.39 is 0 Å². The van der Waals surface area contributed by atoms with E-state index in [0.29, 0.717) is 65.4 Å². The Bertz CT molecular complexity index is 2360. The molecule has 15 heteroatoms. The lowest BCUT2D eigenvalue weighted by Crippen LogP contribution is -2.34. The smallest absolute Gasteiger partial charge is 0.166 e. The predicted molar refractivity (Wildman–Crippen MR) is 213 cm³/mol. The summed E-state index contributed by atoms with van der Waals surface area (Å²) in [5.74, 6) is 2.01. The Morgan fingerprint density at radius 3 is 1.86 bits per heavy atom. The number of halogens is 2. The first-order chi connectivity index (χ1) is 27.1. The maximum absolute atomic E-state index is 14.0. The zero-order valence-electron chi connectivity index (χ0n) is 31.9. The van der Waals surface area contributed by atoms with Crippen LogP contribution in [0.15, 0.2) is 86.5 Å². The van der Waals surface area contributed by atoms with Gasteiger partial charge in [-0.05, 0) is 68.3 Å². The van der Waals surface area contributed by atoms with Crippen LogP contribution in [-0.4, -0.2) is 68.2 Å². The van der Waals surface area contributed by atoms with Gasteiger partial charge in [0.25, 0.3) is 0 Å². The van der Waals surface area contributed by atoms with Gasteiger partial charge in [0.1, 0.15) is 47.0 Å². The van der Waals surface area contributed by atoms with Crippen molar-refractivity contribution in [3.63, 3.8) is 0 Å². The second-order valence-electron chi connectivity index (χ2n) is 13.7. The number of aromatic nitrogens is 6. The van der Waals surface area contributed by atoms with E-state index in [2.05, 4.69) is 56.5 Å². The molecule has 6 heterocycles. The molecule has 56 heavy (non-hydrogen) atoms. The van der Waals surface area contributed by atoms with Gasteiger partial charge in [0.2, 0.25) is 0 Å². The highest BCUT2D eigenvalue weighted by atomic mass is 19.1. The zero-order chi connectivity index (χ0) is 39.3. The van der Waals surface area contributed by atoms with Gasteiger partial charge in [0.15, 0.2) is 11.3 Å². The summed E-state index contributed by atoms with van der Waals surface area (Å²) in [6.45, 7) is 15.7. The highest BCUT2D eigenvalue weighted by Gasteiger charge is 2.23. The van der Waals surface area contributed by atoms with E-state index in [1.54, 1.807) is 40.7 Å². The van der Waals surface area contributed by atoms with E-state index in [0.717, 1.165) is 35.2 Å². The van der Waals surface area contributed by atoms with Crippen molar-refractivity contribution >= 4 is 34.3 Å². The van der Waals surface area contributed by atoms with Crippen molar-refractivity contribution in [2.24, 2.45) is 0 Å². The summed E-state index contributed by atoms with van der Waals surface area (Å²) in [5.41, 5.74) is 5.96. The van der Waals surface area contributed by atoms with Crippen molar-refractivity contribution in [1.29, 1.82) is 0 Å². The third-order valence-corrected chi connectivity index (χ3v) is 9.75. The number of methoxy groups -OCH3 is 1. The zero-order valence-corrected chi connectivity index (χ0v) is 31.9. The minimum Gasteiger partial charge on any atom is -0.488 e. The number of benzene rings is 2. The first kappa shape index (κ1) is 38.1. The normalized spacial score (nSPS) is 19.6. The molecule has 0 saturated carbocycles. The number of rotatable bonds is 4. The minimum atomic E-state index is -0.323. The van der Waals surface area contributed by atoms with E-state index in [4.69, 9.17) is 19.2 Å². The van der Waals surface area contributed by atoms with E-state index in [1.807, 2.05) is 38.4 Å². The molecule has 0 fully saturated rings. The van der Waals surface area contributed by atoms with Crippen LogP contribution >= 0.6 is 0 Å². The van der Waals surface area contributed by atoms with E-state index in [1.165, 1.54) is 24.3 Å². The molecule has 4 bridgehead atoms. The van der Waals surface area contributed by atoms with Crippen LogP contribution in [0.4, 0.5) is 20.4 Å². The van der Waals surface area contributed by atoms with Crippen LogP contribution in [0.1, 0.15) is 68.0 Å². The monoisotopic (exact) mass is 764 g/mol. The maximum atomic E-state index is 14.0. The van der Waals surface area contributed by atoms with Crippen LogP contribution < -0.4 is 30.7 Å². The first-order valence-corrected chi connectivity index (χ1v) is 18.6. The lowest BCUT2D eigenvalue weighted by atomic mass is 10.0. The molecular weight excluding hydrogens is 719 g/mol. The fourth-order valence-corrected chi connectivity index (χ4v) is 6.68. The molecule has 2 aliphatic rings. The van der Waals surface area contributed by atoms with Gasteiger partial charge < -0.3 is 35.5 Å². The molecule has 6 aromatic rings. The summed E-state index contributed by atoms with van der Waals surface area (Å²) in [5, 5.41) is 22.0. The molecule has 2 aliphatic heterocycles. The summed E-state index contributed by atoms with van der Waals surface area (Å²) in [4.78, 5) is 9.38. The number of nitrogens with one attached hydrogen (secondary N) is 4. The van der Waals surface area contributed by atoms with Crippen molar-refractivity contribution in [3.05, 3.63) is 120 Å². The molecule has 0 radical (unpaired) electrons. The topological polar surface area (TPSA) is 136 Å². The van der Waals surface area contributed by atoms with Gasteiger partial charge >= 0.3 is 0 Å². The van der Waals surface area contributed by atoms with Crippen LogP contribution in [0, 0.1) is 11.6 Å². The summed E-state index contributed by atoms with van der Waals surface area (Å²) in [6, 6.07) is 12.5. The Morgan fingerprint density at radius 1 is 0.750 bits per heavy atom. The molecule has 13 nitrogen and oxygen atoms in total. The minimum absolute atomic E-state index is 0.0821. The predicted octanol–water partition coefficient (Wildman–Crippen LogP) is 7.17. The van der Waals surface area contributed by atoms with Crippen LogP contribution in [0.2, 0.25) is 0 Å². The van der Waals surface area contributed by atoms with Gasteiger partial charge in [0.05, 0.1) is 55.3 Å². The van der Waals surface area contributed by atoms with Crippen molar-refractivity contribution in [3.8, 4) is 11.5 Å². The third-order valence-electron chi connectivity index (χ3n) is 9.75. The number of ether oxygens (including phenoxy) is 3. The Kier molecular flexibility index (Phi) is 11.3. The summed E-state index contributed by atoms with van der Waals surface area (Å²) < 4.78 is 49.1. The molecule has 0 saturated heterocycles. The van der Waals surface area contributed by atoms with Crippen molar-refractivity contribution in [1.82, 2.24) is 39.8 Å². The lowest BCUT2D eigenvalue weighted by molar-refractivity contribution is 0.0822. The molecule has 292 valence electrons. The molecule has 8 rings (SSSR count). The number of nitrogens with zero attached hydrogens (tertiary/aromatic N) is 6. The van der Waals surface area contributed by atoms with Crippen LogP contribution in [0.3, 0.4) is 0 Å². The summed E-state index contributed by atoms with van der Waals surface area (Å²) >= 11 is 0. The molecule has 0 aliphatic carbocycles. The van der Waals surface area contributed by atoms with Gasteiger partial charge in [-0.3, -0.25) is 0 Å². The quantitative estimate of drug-likeness (QED) is 0.146. The van der Waals surface area contributed by atoms with Gasteiger partial charge in [0, 0.05) is 42.0 Å². The fraction of sp³-hybridized carbons (Fsp3) is 0.317. The first-order valence-electron chi connectivity index (χ1n) is 18.6. The second-order valence-corrected chi connectivity index (χ2v) is 13.7. The van der Waals surface area contributed by atoms with Crippen LogP contribution in [0.5, 0.6) is 11.5 Å². The van der Waals surface area contributed by atoms with Crippen molar-refractivity contribution in [2.75, 3.05) is 37.4 Å². The van der Waals surface area contributed by atoms with Gasteiger partial charge in [-0.15, -0.1) is 0 Å². The Morgan fingerprint density at radius 2 is 1.29 bits per heavy atom. The number of hydrogen-bond donors (Lipinski definition) is 4. The molecule has 4 N–H and O–H groups in total. The standard InChI is InChI=1S/C21H24FN5O.C20H22FN5O2/c1-4-15-11-23-13(3)17-12-24-27-9-8-20(26-21(17)27)25-18(5-2)16-10-14(22)6-7-19(16)28-15;1-12-17-10-23-26-7-6-19(25-20(17)26)24-13(2)16-8-14(21)4-5-18(16)28-15(9-22-12)11-27-3/h6-10,12,15,18,23H,3-5,11H2,1-2H3,(H,25,26);4-8,10,13,15,22H,1,9,11H2,2-3H3,(H,24,25)/t15-,18+;13-,15+/m01/s1. The van der Waals surface area contributed by atoms with Gasteiger partial charge in [-0.2, -0.15) is 10.2 Å². The average molecular weight is 765 g/mol. The summed E-state index contributed by atoms with van der Waals surface area (Å²) in [6.07, 6.45) is 8.33. The molecular formula is C41H46F2N10O3. The van der Waals surface area contributed by atoms with Crippen molar-refractivity contribution in [2.45, 2.75) is 57.9 Å². The van der Waals surface area contributed by atoms with Crippen LogP contribution in [-0.2, 0) is 4.74 Å². The Balaban J connectivity index is 0.000000172. The third kappa shape index (κ3) is 8.22. The highest BCUT2D eigenvalue weighted by molar-refractivity contribution is 5.74. The second kappa shape index (κ2) is 16.7. The molecule has 4 atom stereocenters. The van der Waals surface area contributed by atoms with E-state index in [9.17, 15) is 8.78 Å². The fourth-order valence-electron chi connectivity index (χ4n) is 6.68. The summed E-state index contributed by atoms with van der Waals surface area (Å²) in [7, 11) is 1.62. The van der Waals surface area contributed by atoms with Crippen LogP contribution in [0.25, 0.3) is 22.7 Å². The number of fused-ring (bicyclic) bond motifs is 4. The van der Waals surface area contributed by atoms with Gasteiger partial charge in [-0.1, -0.05) is 27.0 Å². The lowest BCUT2D eigenvalue weighted by Gasteiger charge is -2.24. The Hall–Kier alpha value is -6.22. The maximum Gasteiger partial charge on any atom is 0.166 e. The number of hydrogen-bond acceptors (Lipinski definition) is 11. The van der Waals surface area contributed by atoms with E-state index in [-0.39, 0.29) is 35.9 Å². The molecule has 0 spiro atoms. The molecule has 0 amide bonds. The molecule has 2 aromatic carbocycles. The number of anilines is 2. The van der Waals surface area contributed by atoms with Gasteiger partial charge in [-0.25, -0.2) is 27.8 Å². The highest BCUT2D eigenvalue weighted by Crippen LogP contribution is 2.33. The largest absolute Gasteiger partial charge is 0.488 e.